The molecular formula is C26H32N2O5S. The maximum Gasteiger partial charge on any atom is 0.243 e. The third-order valence-corrected chi connectivity index (χ3v) is 9.92. The number of hydrogen-bond acceptors (Lipinski definition) is 6. The van der Waals surface area contributed by atoms with Crippen molar-refractivity contribution in [1.82, 2.24) is 4.31 Å². The van der Waals surface area contributed by atoms with Gasteiger partial charge in [0.1, 0.15) is 12.2 Å². The lowest BCUT2D eigenvalue weighted by Crippen LogP contribution is -2.67. The molecule has 0 bridgehead atoms. The van der Waals surface area contributed by atoms with Crippen molar-refractivity contribution in [2.45, 2.75) is 81.3 Å². The fourth-order valence-corrected chi connectivity index (χ4v) is 7.98. The van der Waals surface area contributed by atoms with Gasteiger partial charge >= 0.3 is 0 Å². The number of sulfonamides is 1. The predicted octanol–water partition coefficient (Wildman–Crippen LogP) is 3.63. The second-order valence-corrected chi connectivity index (χ2v) is 12.9. The first kappa shape index (κ1) is 22.5. The van der Waals surface area contributed by atoms with Crippen LogP contribution in [0.4, 0.5) is 5.69 Å². The number of fused-ring (bicyclic) bond motifs is 6. The largest absolute Gasteiger partial charge is 0.379 e. The van der Waals surface area contributed by atoms with Gasteiger partial charge in [-0.25, -0.2) is 8.42 Å². The van der Waals surface area contributed by atoms with E-state index in [-0.39, 0.29) is 17.4 Å². The number of rotatable bonds is 2. The highest BCUT2D eigenvalue weighted by Gasteiger charge is 2.65. The van der Waals surface area contributed by atoms with Crippen molar-refractivity contribution >= 4 is 15.7 Å². The highest BCUT2D eigenvalue weighted by molar-refractivity contribution is 7.89. The molecule has 0 saturated carbocycles. The molecule has 0 unspecified atom stereocenters. The zero-order chi connectivity index (χ0) is 24.0. The van der Waals surface area contributed by atoms with Crippen molar-refractivity contribution in [3.63, 3.8) is 0 Å². The van der Waals surface area contributed by atoms with E-state index >= 15 is 0 Å². The number of nitrogens with one attached hydrogen (secondary N) is 1. The summed E-state index contributed by atoms with van der Waals surface area (Å²) >= 11 is 0. The van der Waals surface area contributed by atoms with Gasteiger partial charge in [0.05, 0.1) is 17.0 Å². The molecule has 2 aromatic rings. The number of aryl methyl sites for hydroxylation is 1. The van der Waals surface area contributed by atoms with Crippen molar-refractivity contribution in [3.8, 4) is 0 Å². The molecule has 0 amide bonds. The molecule has 6 atom stereocenters. The van der Waals surface area contributed by atoms with Crippen LogP contribution in [0.25, 0.3) is 0 Å². The molecule has 7 nitrogen and oxygen atoms in total. The molecule has 0 aliphatic carbocycles. The van der Waals surface area contributed by atoms with E-state index in [1.54, 1.807) is 16.4 Å². The molecule has 8 heteroatoms. The molecule has 3 saturated heterocycles. The lowest BCUT2D eigenvalue weighted by Gasteiger charge is -2.54. The van der Waals surface area contributed by atoms with Crippen LogP contribution in [0.1, 0.15) is 38.8 Å². The van der Waals surface area contributed by atoms with E-state index in [0.717, 1.165) is 11.3 Å². The minimum atomic E-state index is -3.80. The minimum absolute atomic E-state index is 0.00397. The van der Waals surface area contributed by atoms with Gasteiger partial charge in [-0.1, -0.05) is 49.7 Å². The monoisotopic (exact) mass is 484 g/mol. The highest BCUT2D eigenvalue weighted by Crippen LogP contribution is 2.52. The summed E-state index contributed by atoms with van der Waals surface area (Å²) in [7, 11) is -3.80. The maximum absolute atomic E-state index is 14.1. The van der Waals surface area contributed by atoms with E-state index in [1.165, 1.54) is 5.56 Å². The van der Waals surface area contributed by atoms with Gasteiger partial charge in [0.25, 0.3) is 0 Å². The quantitative estimate of drug-likeness (QED) is 0.702. The molecule has 34 heavy (non-hydrogen) atoms. The Bertz CT molecular complexity index is 1230. The van der Waals surface area contributed by atoms with E-state index in [1.807, 2.05) is 45.0 Å². The van der Waals surface area contributed by atoms with Gasteiger partial charge in [0.15, 0.2) is 12.1 Å². The van der Waals surface area contributed by atoms with Crippen LogP contribution >= 0.6 is 0 Å². The van der Waals surface area contributed by atoms with Crippen molar-refractivity contribution < 1.29 is 22.6 Å². The molecule has 0 radical (unpaired) electrons. The third-order valence-electron chi connectivity index (χ3n) is 8.05. The minimum Gasteiger partial charge on any atom is -0.379 e. The Morgan fingerprint density at radius 2 is 1.68 bits per heavy atom. The molecule has 3 fully saturated rings. The normalized spacial score (nSPS) is 35.6. The average Bonchev–Trinajstić information content (AvgIpc) is 3.26. The first-order chi connectivity index (χ1) is 16.0. The van der Waals surface area contributed by atoms with Crippen molar-refractivity contribution in [2.75, 3.05) is 11.9 Å². The molecule has 182 valence electrons. The summed E-state index contributed by atoms with van der Waals surface area (Å²) < 4.78 is 48.6. The number of para-hydroxylation sites is 1. The summed E-state index contributed by atoms with van der Waals surface area (Å²) in [5.41, 5.74) is 3.02. The van der Waals surface area contributed by atoms with Crippen LogP contribution < -0.4 is 5.32 Å². The zero-order valence-electron chi connectivity index (χ0n) is 20.2. The Labute approximate surface area is 201 Å². The fraction of sp³-hybridized carbons (Fsp3) is 0.538. The molecule has 1 N–H and O–H groups in total. The summed E-state index contributed by atoms with van der Waals surface area (Å²) in [6.07, 6.45) is -1.51. The molecule has 4 aliphatic rings. The molecule has 4 heterocycles. The van der Waals surface area contributed by atoms with Gasteiger partial charge in [-0.15, -0.1) is 0 Å². The number of benzene rings is 2. The smallest absolute Gasteiger partial charge is 0.243 e. The average molecular weight is 485 g/mol. The topological polar surface area (TPSA) is 77.1 Å². The first-order valence-electron chi connectivity index (χ1n) is 11.9. The second-order valence-electron chi connectivity index (χ2n) is 11.0. The lowest BCUT2D eigenvalue weighted by atomic mass is 9.64. The Morgan fingerprint density at radius 1 is 0.971 bits per heavy atom. The SMILES string of the molecule is Cc1ccc(S(=O)(=O)N2C[C@@H]3[C@H](Nc4ccccc4C3(C)C)[C@H]3O[C@@H]4OC(C)(C)O[C@@H]4[C@@H]32)cc1. The van der Waals surface area contributed by atoms with Crippen LogP contribution in [0.3, 0.4) is 0 Å². The summed E-state index contributed by atoms with van der Waals surface area (Å²) in [4.78, 5) is 0.291. The predicted molar refractivity (Wildman–Crippen MR) is 128 cm³/mol. The Hall–Kier alpha value is -1.97. The van der Waals surface area contributed by atoms with Gasteiger partial charge in [0.2, 0.25) is 10.0 Å². The summed E-state index contributed by atoms with van der Waals surface area (Å²) in [5.74, 6) is -0.835. The Morgan fingerprint density at radius 3 is 2.41 bits per heavy atom. The van der Waals surface area contributed by atoms with Crippen LogP contribution in [0.15, 0.2) is 53.4 Å². The van der Waals surface area contributed by atoms with E-state index in [9.17, 15) is 8.42 Å². The molecule has 2 aromatic carbocycles. The van der Waals surface area contributed by atoms with Crippen LogP contribution in [0.5, 0.6) is 0 Å². The Kier molecular flexibility index (Phi) is 4.81. The van der Waals surface area contributed by atoms with Crippen LogP contribution in [-0.2, 0) is 29.6 Å². The Balaban J connectivity index is 1.47. The second kappa shape index (κ2) is 7.27. The van der Waals surface area contributed by atoms with Crippen molar-refractivity contribution in [3.05, 3.63) is 59.7 Å². The number of nitrogens with zero attached hydrogens (tertiary/aromatic N) is 1. The molecular weight excluding hydrogens is 452 g/mol. The first-order valence-corrected chi connectivity index (χ1v) is 13.4. The number of piperidine rings is 1. The number of ether oxygens (including phenoxy) is 3. The summed E-state index contributed by atoms with van der Waals surface area (Å²) in [5, 5.41) is 3.70. The van der Waals surface area contributed by atoms with E-state index < -0.39 is 40.4 Å². The van der Waals surface area contributed by atoms with Gasteiger partial charge in [-0.05, 0) is 49.9 Å². The third kappa shape index (κ3) is 3.19. The standard InChI is InChI=1S/C26H32N2O5S/c1-15-10-12-16(13-11-15)34(29,30)28-14-18-20(27-19-9-7-6-8-17(19)25(18,2)3)22-21(28)23-24(31-22)33-26(4,5)32-23/h6-13,18,20-24,27H,14H2,1-5H3/t18-,20+,21-,22-,23-,24-/m1/s1. The van der Waals surface area contributed by atoms with Gasteiger partial charge in [-0.2, -0.15) is 4.31 Å². The molecule has 0 spiro atoms. The van der Waals surface area contributed by atoms with Crippen molar-refractivity contribution in [1.29, 1.82) is 0 Å². The van der Waals surface area contributed by atoms with E-state index in [2.05, 4.69) is 31.3 Å². The van der Waals surface area contributed by atoms with Crippen LogP contribution in [0, 0.1) is 12.8 Å². The number of anilines is 1. The van der Waals surface area contributed by atoms with E-state index in [0.29, 0.717) is 11.4 Å². The van der Waals surface area contributed by atoms with Crippen LogP contribution in [0.2, 0.25) is 0 Å². The van der Waals surface area contributed by atoms with Gasteiger partial charge in [0, 0.05) is 18.2 Å². The lowest BCUT2D eigenvalue weighted by molar-refractivity contribution is -0.216. The van der Waals surface area contributed by atoms with Crippen molar-refractivity contribution in [2.24, 2.45) is 5.92 Å². The van der Waals surface area contributed by atoms with Gasteiger partial charge in [-0.3, -0.25) is 0 Å². The molecule has 0 aromatic heterocycles. The van der Waals surface area contributed by atoms with E-state index in [4.69, 9.17) is 14.2 Å². The highest BCUT2D eigenvalue weighted by atomic mass is 32.2. The molecule has 6 rings (SSSR count). The summed E-state index contributed by atoms with van der Waals surface area (Å²) in [6, 6.07) is 14.8. The fourth-order valence-electron chi connectivity index (χ4n) is 6.31. The zero-order valence-corrected chi connectivity index (χ0v) is 21.0. The van der Waals surface area contributed by atoms with Crippen LogP contribution in [-0.4, -0.2) is 55.6 Å². The maximum atomic E-state index is 14.1. The molecule has 4 aliphatic heterocycles. The number of hydrogen-bond donors (Lipinski definition) is 1. The summed E-state index contributed by atoms with van der Waals surface area (Å²) in [6.45, 7) is 10.4. The van der Waals surface area contributed by atoms with Gasteiger partial charge < -0.3 is 19.5 Å².